The molecule has 5 nitrogen and oxygen atoms in total. The van der Waals surface area contributed by atoms with E-state index in [1.165, 1.54) is 0 Å². The van der Waals surface area contributed by atoms with Gasteiger partial charge in [-0.2, -0.15) is 0 Å². The van der Waals surface area contributed by atoms with Crippen molar-refractivity contribution in [1.29, 1.82) is 0 Å². The number of benzene rings is 1. The topological polar surface area (TPSA) is 62.3 Å². The maximum absolute atomic E-state index is 12.3. The molecule has 1 aromatic carbocycles. The lowest BCUT2D eigenvalue weighted by molar-refractivity contribution is -0.121. The molecule has 0 saturated heterocycles. The fourth-order valence-electron chi connectivity index (χ4n) is 3.14. The molecule has 0 fully saturated rings. The zero-order valence-electron chi connectivity index (χ0n) is 14.4. The second-order valence-corrected chi connectivity index (χ2v) is 6.75. The van der Waals surface area contributed by atoms with E-state index in [9.17, 15) is 9.59 Å². The normalized spacial score (nSPS) is 15.3. The molecule has 0 bridgehead atoms. The molecule has 0 saturated carbocycles. The minimum atomic E-state index is -0.557. The molecular weight excluding hydrogens is 302 g/mol. The van der Waals surface area contributed by atoms with E-state index in [1.54, 1.807) is 24.2 Å². The van der Waals surface area contributed by atoms with Gasteiger partial charge in [0.1, 0.15) is 0 Å². The molecule has 0 atom stereocenters. The van der Waals surface area contributed by atoms with Gasteiger partial charge in [-0.3, -0.25) is 14.6 Å². The van der Waals surface area contributed by atoms with Crippen LogP contribution in [0.15, 0.2) is 36.5 Å². The van der Waals surface area contributed by atoms with Crippen molar-refractivity contribution in [3.8, 4) is 0 Å². The minimum Gasteiger partial charge on any atom is -0.326 e. The van der Waals surface area contributed by atoms with Gasteiger partial charge in [0.2, 0.25) is 11.8 Å². The molecular formula is C19H21N3O2. The van der Waals surface area contributed by atoms with Crippen molar-refractivity contribution in [2.24, 2.45) is 0 Å². The van der Waals surface area contributed by atoms with E-state index in [0.29, 0.717) is 0 Å². The number of carbonyl (C=O) groups excluding carboxylic acids is 2. The SMILES string of the molecule is Cc1cc(NC(=O)Cc2ccc3c(c2)C(C)(C)C(=O)N3C)ccn1. The molecule has 2 heterocycles. The van der Waals surface area contributed by atoms with Crippen LogP contribution < -0.4 is 10.2 Å². The standard InChI is InChI=1S/C19H21N3O2/c1-12-9-14(7-8-20-12)21-17(23)11-13-5-6-16-15(10-13)19(2,3)18(24)22(16)4/h5-10H,11H2,1-4H3,(H,20,21,23). The molecule has 1 aliphatic heterocycles. The highest BCUT2D eigenvalue weighted by molar-refractivity contribution is 6.07. The van der Waals surface area contributed by atoms with Crippen molar-refractivity contribution in [2.45, 2.75) is 32.6 Å². The Bertz CT molecular complexity index is 827. The predicted octanol–water partition coefficient (Wildman–Crippen LogP) is 2.83. The lowest BCUT2D eigenvalue weighted by atomic mass is 9.85. The van der Waals surface area contributed by atoms with E-state index in [-0.39, 0.29) is 18.2 Å². The number of anilines is 2. The number of nitrogens with zero attached hydrogens (tertiary/aromatic N) is 2. The Kier molecular flexibility index (Phi) is 3.87. The van der Waals surface area contributed by atoms with E-state index in [1.807, 2.05) is 45.0 Å². The van der Waals surface area contributed by atoms with Crippen LogP contribution >= 0.6 is 0 Å². The average Bonchev–Trinajstić information content (AvgIpc) is 2.68. The molecule has 124 valence electrons. The number of aromatic nitrogens is 1. The molecule has 5 heteroatoms. The van der Waals surface area contributed by atoms with Crippen molar-refractivity contribution >= 4 is 23.2 Å². The number of fused-ring (bicyclic) bond motifs is 1. The summed E-state index contributed by atoms with van der Waals surface area (Å²) in [6.07, 6.45) is 1.94. The molecule has 1 aliphatic rings. The van der Waals surface area contributed by atoms with E-state index in [0.717, 1.165) is 28.2 Å². The fraction of sp³-hybridized carbons (Fsp3) is 0.316. The fourth-order valence-corrected chi connectivity index (χ4v) is 3.14. The van der Waals surface area contributed by atoms with Gasteiger partial charge in [0.05, 0.1) is 11.8 Å². The number of likely N-dealkylation sites (N-methyl/N-ethyl adjacent to an activating group) is 1. The van der Waals surface area contributed by atoms with Crippen LogP contribution in [0, 0.1) is 6.92 Å². The Balaban J connectivity index is 1.79. The third-order valence-corrected chi connectivity index (χ3v) is 4.48. The van der Waals surface area contributed by atoms with Crippen LogP contribution in [0.3, 0.4) is 0 Å². The molecule has 0 radical (unpaired) electrons. The van der Waals surface area contributed by atoms with Crippen LogP contribution in [0.5, 0.6) is 0 Å². The van der Waals surface area contributed by atoms with Gasteiger partial charge in [0, 0.05) is 30.3 Å². The van der Waals surface area contributed by atoms with Gasteiger partial charge in [-0.05, 0) is 50.1 Å². The summed E-state index contributed by atoms with van der Waals surface area (Å²) in [5, 5.41) is 2.88. The maximum Gasteiger partial charge on any atom is 0.236 e. The Morgan fingerprint density at radius 1 is 1.25 bits per heavy atom. The number of carbonyl (C=O) groups is 2. The van der Waals surface area contributed by atoms with Gasteiger partial charge in [0.25, 0.3) is 0 Å². The summed E-state index contributed by atoms with van der Waals surface area (Å²) in [6, 6.07) is 9.39. The Labute approximate surface area is 141 Å². The first kappa shape index (κ1) is 16.2. The first-order valence-corrected chi connectivity index (χ1v) is 7.93. The summed E-state index contributed by atoms with van der Waals surface area (Å²) in [6.45, 7) is 5.72. The Hall–Kier alpha value is -2.69. The molecule has 3 rings (SSSR count). The molecule has 0 unspecified atom stereocenters. The van der Waals surface area contributed by atoms with Crippen molar-refractivity contribution in [3.05, 3.63) is 53.3 Å². The smallest absolute Gasteiger partial charge is 0.236 e. The molecule has 1 N–H and O–H groups in total. The number of rotatable bonds is 3. The molecule has 0 aliphatic carbocycles. The molecule has 2 amide bonds. The summed E-state index contributed by atoms with van der Waals surface area (Å²) in [5.41, 5.74) is 3.82. The Morgan fingerprint density at radius 2 is 2.00 bits per heavy atom. The summed E-state index contributed by atoms with van der Waals surface area (Å²) >= 11 is 0. The summed E-state index contributed by atoms with van der Waals surface area (Å²) in [5.74, 6) is -0.0117. The number of nitrogens with one attached hydrogen (secondary N) is 1. The maximum atomic E-state index is 12.3. The largest absolute Gasteiger partial charge is 0.326 e. The molecule has 2 aromatic rings. The Morgan fingerprint density at radius 3 is 2.71 bits per heavy atom. The monoisotopic (exact) mass is 323 g/mol. The number of hydrogen-bond acceptors (Lipinski definition) is 3. The predicted molar refractivity (Wildman–Crippen MR) is 94.2 cm³/mol. The summed E-state index contributed by atoms with van der Waals surface area (Å²) < 4.78 is 0. The second kappa shape index (κ2) is 5.74. The zero-order valence-corrected chi connectivity index (χ0v) is 14.4. The van der Waals surface area contributed by atoms with E-state index < -0.39 is 5.41 Å². The van der Waals surface area contributed by atoms with E-state index in [2.05, 4.69) is 10.3 Å². The van der Waals surface area contributed by atoms with Gasteiger partial charge in [0.15, 0.2) is 0 Å². The summed E-state index contributed by atoms with van der Waals surface area (Å²) in [4.78, 5) is 30.4. The van der Waals surface area contributed by atoms with Crippen molar-refractivity contribution in [1.82, 2.24) is 4.98 Å². The molecule has 1 aromatic heterocycles. The average molecular weight is 323 g/mol. The van der Waals surface area contributed by atoms with Gasteiger partial charge in [-0.15, -0.1) is 0 Å². The molecule has 24 heavy (non-hydrogen) atoms. The number of amides is 2. The van der Waals surface area contributed by atoms with E-state index in [4.69, 9.17) is 0 Å². The van der Waals surface area contributed by atoms with Crippen LogP contribution in [0.1, 0.15) is 30.7 Å². The third kappa shape index (κ3) is 2.77. The van der Waals surface area contributed by atoms with Crippen LogP contribution in [-0.2, 0) is 21.4 Å². The summed E-state index contributed by atoms with van der Waals surface area (Å²) in [7, 11) is 1.79. The van der Waals surface area contributed by atoms with Crippen molar-refractivity contribution in [2.75, 3.05) is 17.3 Å². The zero-order chi connectivity index (χ0) is 17.5. The lowest BCUT2D eigenvalue weighted by Gasteiger charge is -2.16. The van der Waals surface area contributed by atoms with Crippen molar-refractivity contribution < 1.29 is 9.59 Å². The number of hydrogen-bond donors (Lipinski definition) is 1. The lowest BCUT2D eigenvalue weighted by Crippen LogP contribution is -2.33. The van der Waals surface area contributed by atoms with Crippen LogP contribution in [0.4, 0.5) is 11.4 Å². The quantitative estimate of drug-likeness (QED) is 0.945. The number of pyridine rings is 1. The van der Waals surface area contributed by atoms with Crippen LogP contribution in [0.25, 0.3) is 0 Å². The second-order valence-electron chi connectivity index (χ2n) is 6.75. The highest BCUT2D eigenvalue weighted by Crippen LogP contribution is 2.41. The van der Waals surface area contributed by atoms with Gasteiger partial charge < -0.3 is 10.2 Å². The minimum absolute atomic E-state index is 0.0753. The molecule has 0 spiro atoms. The third-order valence-electron chi connectivity index (χ3n) is 4.48. The first-order valence-electron chi connectivity index (χ1n) is 7.93. The number of aryl methyl sites for hydroxylation is 1. The highest BCUT2D eigenvalue weighted by atomic mass is 16.2. The van der Waals surface area contributed by atoms with E-state index >= 15 is 0 Å². The van der Waals surface area contributed by atoms with Gasteiger partial charge >= 0.3 is 0 Å². The van der Waals surface area contributed by atoms with Crippen LogP contribution in [-0.4, -0.2) is 23.8 Å². The highest BCUT2D eigenvalue weighted by Gasteiger charge is 2.42. The van der Waals surface area contributed by atoms with Crippen LogP contribution in [0.2, 0.25) is 0 Å². The van der Waals surface area contributed by atoms with Gasteiger partial charge in [-0.25, -0.2) is 0 Å². The van der Waals surface area contributed by atoms with Gasteiger partial charge in [-0.1, -0.05) is 12.1 Å². The first-order chi connectivity index (χ1) is 11.3. The van der Waals surface area contributed by atoms with Crippen molar-refractivity contribution in [3.63, 3.8) is 0 Å².